The van der Waals surface area contributed by atoms with Crippen molar-refractivity contribution in [3.05, 3.63) is 29.8 Å². The number of ether oxygens (including phenoxy) is 2. The Morgan fingerprint density at radius 3 is 2.67 bits per heavy atom. The van der Waals surface area contributed by atoms with Gasteiger partial charge in [0.15, 0.2) is 0 Å². The first-order valence-corrected chi connectivity index (χ1v) is 8.30. The van der Waals surface area contributed by atoms with Crippen LogP contribution < -0.4 is 10.1 Å². The van der Waals surface area contributed by atoms with Crippen molar-refractivity contribution in [2.24, 2.45) is 0 Å². The van der Waals surface area contributed by atoms with Crippen molar-refractivity contribution in [3.8, 4) is 5.75 Å². The SMILES string of the molecule is CCOc1ccc(CN2C(=O)CCC2(C)C(=O)NCCOC)cc1. The van der Waals surface area contributed by atoms with Gasteiger partial charge in [0.2, 0.25) is 11.8 Å². The summed E-state index contributed by atoms with van der Waals surface area (Å²) < 4.78 is 10.4. The van der Waals surface area contributed by atoms with Gasteiger partial charge in [-0.25, -0.2) is 0 Å². The zero-order valence-corrected chi connectivity index (χ0v) is 14.6. The van der Waals surface area contributed by atoms with Gasteiger partial charge in [-0.15, -0.1) is 0 Å². The van der Waals surface area contributed by atoms with Crippen LogP contribution in [-0.4, -0.2) is 49.1 Å². The molecule has 2 amide bonds. The Balaban J connectivity index is 2.07. The predicted molar refractivity (Wildman–Crippen MR) is 90.7 cm³/mol. The van der Waals surface area contributed by atoms with E-state index in [4.69, 9.17) is 9.47 Å². The van der Waals surface area contributed by atoms with E-state index in [0.717, 1.165) is 11.3 Å². The number of rotatable bonds is 8. The van der Waals surface area contributed by atoms with Crippen molar-refractivity contribution in [3.63, 3.8) is 0 Å². The molecule has 0 aromatic heterocycles. The Labute approximate surface area is 143 Å². The number of carbonyl (C=O) groups is 2. The highest BCUT2D eigenvalue weighted by Gasteiger charge is 2.46. The van der Waals surface area contributed by atoms with Crippen LogP contribution >= 0.6 is 0 Å². The number of nitrogens with zero attached hydrogens (tertiary/aromatic N) is 1. The average Bonchev–Trinajstić information content (AvgIpc) is 2.86. The lowest BCUT2D eigenvalue weighted by molar-refractivity contribution is -0.141. The number of hydrogen-bond acceptors (Lipinski definition) is 4. The van der Waals surface area contributed by atoms with Crippen molar-refractivity contribution in [1.82, 2.24) is 10.2 Å². The molecule has 0 saturated carbocycles. The van der Waals surface area contributed by atoms with Crippen LogP contribution in [0.25, 0.3) is 0 Å². The minimum absolute atomic E-state index is 0.00766. The van der Waals surface area contributed by atoms with Crippen LogP contribution in [0.2, 0.25) is 0 Å². The normalized spacial score (nSPS) is 20.3. The molecule has 0 bridgehead atoms. The summed E-state index contributed by atoms with van der Waals surface area (Å²) in [5.74, 6) is 0.679. The minimum atomic E-state index is -0.816. The van der Waals surface area contributed by atoms with E-state index < -0.39 is 5.54 Å². The molecule has 1 unspecified atom stereocenters. The summed E-state index contributed by atoms with van der Waals surface area (Å²) in [6.45, 7) is 5.69. The Morgan fingerprint density at radius 2 is 2.04 bits per heavy atom. The molecule has 6 nitrogen and oxygen atoms in total. The van der Waals surface area contributed by atoms with Crippen LogP contribution in [0.1, 0.15) is 32.3 Å². The van der Waals surface area contributed by atoms with E-state index in [0.29, 0.717) is 39.1 Å². The molecule has 0 spiro atoms. The Hall–Kier alpha value is -2.08. The molecular formula is C18H26N2O4. The fourth-order valence-electron chi connectivity index (χ4n) is 2.89. The second-order valence-corrected chi connectivity index (χ2v) is 6.08. The Kier molecular flexibility index (Phi) is 6.20. The zero-order chi connectivity index (χ0) is 17.6. The third-order valence-corrected chi connectivity index (χ3v) is 4.38. The third-order valence-electron chi connectivity index (χ3n) is 4.38. The quantitative estimate of drug-likeness (QED) is 0.735. The van der Waals surface area contributed by atoms with Crippen molar-refractivity contribution >= 4 is 11.8 Å². The van der Waals surface area contributed by atoms with Crippen molar-refractivity contribution in [2.75, 3.05) is 26.9 Å². The first-order chi connectivity index (χ1) is 11.5. The van der Waals surface area contributed by atoms with Crippen LogP contribution in [0.15, 0.2) is 24.3 Å². The van der Waals surface area contributed by atoms with Crippen molar-refractivity contribution in [1.29, 1.82) is 0 Å². The van der Waals surface area contributed by atoms with Gasteiger partial charge in [-0.05, 0) is 38.0 Å². The van der Waals surface area contributed by atoms with Crippen molar-refractivity contribution in [2.45, 2.75) is 38.8 Å². The maximum atomic E-state index is 12.5. The zero-order valence-electron chi connectivity index (χ0n) is 14.6. The van der Waals surface area contributed by atoms with Gasteiger partial charge in [-0.3, -0.25) is 9.59 Å². The Morgan fingerprint density at radius 1 is 1.33 bits per heavy atom. The molecule has 1 aliphatic rings. The molecule has 0 radical (unpaired) electrons. The van der Waals surface area contributed by atoms with Gasteiger partial charge < -0.3 is 19.7 Å². The van der Waals surface area contributed by atoms with Crippen LogP contribution in [0.5, 0.6) is 5.75 Å². The second kappa shape index (κ2) is 8.15. The number of likely N-dealkylation sites (tertiary alicyclic amines) is 1. The number of methoxy groups -OCH3 is 1. The summed E-state index contributed by atoms with van der Waals surface area (Å²) in [5, 5.41) is 2.85. The fraction of sp³-hybridized carbons (Fsp3) is 0.556. The van der Waals surface area contributed by atoms with Crippen LogP contribution in [-0.2, 0) is 20.9 Å². The monoisotopic (exact) mass is 334 g/mol. The van der Waals surface area contributed by atoms with Crippen LogP contribution in [0, 0.1) is 0 Å². The Bertz CT molecular complexity index is 573. The summed E-state index contributed by atoms with van der Waals surface area (Å²) >= 11 is 0. The minimum Gasteiger partial charge on any atom is -0.494 e. The molecule has 1 N–H and O–H groups in total. The van der Waals surface area contributed by atoms with E-state index in [1.54, 1.807) is 12.0 Å². The summed E-state index contributed by atoms with van der Waals surface area (Å²) in [4.78, 5) is 26.5. The van der Waals surface area contributed by atoms with E-state index >= 15 is 0 Å². The van der Waals surface area contributed by atoms with Gasteiger partial charge in [-0.2, -0.15) is 0 Å². The number of hydrogen-bond donors (Lipinski definition) is 1. The molecule has 1 saturated heterocycles. The lowest BCUT2D eigenvalue weighted by atomic mass is 9.97. The van der Waals surface area contributed by atoms with E-state index in [9.17, 15) is 9.59 Å². The highest BCUT2D eigenvalue weighted by atomic mass is 16.5. The topological polar surface area (TPSA) is 67.9 Å². The summed E-state index contributed by atoms with van der Waals surface area (Å²) in [5.41, 5.74) is 0.160. The number of carbonyl (C=O) groups excluding carboxylic acids is 2. The third kappa shape index (κ3) is 4.06. The summed E-state index contributed by atoms with van der Waals surface area (Å²) in [6.07, 6.45) is 0.924. The maximum absolute atomic E-state index is 12.5. The molecule has 1 atom stereocenters. The molecule has 24 heavy (non-hydrogen) atoms. The average molecular weight is 334 g/mol. The smallest absolute Gasteiger partial charge is 0.245 e. The highest BCUT2D eigenvalue weighted by Crippen LogP contribution is 2.32. The van der Waals surface area contributed by atoms with Crippen molar-refractivity contribution < 1.29 is 19.1 Å². The van der Waals surface area contributed by atoms with E-state index in [1.165, 1.54) is 0 Å². The number of benzene rings is 1. The van der Waals surface area contributed by atoms with Crippen LogP contribution in [0.3, 0.4) is 0 Å². The maximum Gasteiger partial charge on any atom is 0.245 e. The highest BCUT2D eigenvalue weighted by molar-refractivity contribution is 5.94. The van der Waals surface area contributed by atoms with Gasteiger partial charge >= 0.3 is 0 Å². The van der Waals surface area contributed by atoms with E-state index in [1.807, 2.05) is 38.1 Å². The first kappa shape index (κ1) is 18.3. The number of nitrogens with one attached hydrogen (secondary N) is 1. The molecular weight excluding hydrogens is 308 g/mol. The lowest BCUT2D eigenvalue weighted by Crippen LogP contribution is -2.54. The van der Waals surface area contributed by atoms with E-state index in [-0.39, 0.29) is 11.8 Å². The second-order valence-electron chi connectivity index (χ2n) is 6.08. The molecule has 132 valence electrons. The molecule has 6 heteroatoms. The molecule has 0 aliphatic carbocycles. The largest absolute Gasteiger partial charge is 0.494 e. The molecule has 1 aromatic carbocycles. The van der Waals surface area contributed by atoms with Gasteiger partial charge in [0, 0.05) is 26.6 Å². The lowest BCUT2D eigenvalue weighted by Gasteiger charge is -2.34. The van der Waals surface area contributed by atoms with Gasteiger partial charge in [0.25, 0.3) is 0 Å². The number of amides is 2. The van der Waals surface area contributed by atoms with Gasteiger partial charge in [-0.1, -0.05) is 12.1 Å². The first-order valence-electron chi connectivity index (χ1n) is 8.30. The van der Waals surface area contributed by atoms with Gasteiger partial charge in [0.1, 0.15) is 11.3 Å². The van der Waals surface area contributed by atoms with Crippen LogP contribution in [0.4, 0.5) is 0 Å². The standard InChI is InChI=1S/C18H26N2O4/c1-4-24-15-7-5-14(6-8-15)13-20-16(21)9-10-18(20,2)17(22)19-11-12-23-3/h5-8H,4,9-13H2,1-3H3,(H,19,22). The molecule has 1 aliphatic heterocycles. The summed E-state index contributed by atoms with van der Waals surface area (Å²) in [6, 6.07) is 7.63. The molecule has 2 rings (SSSR count). The van der Waals surface area contributed by atoms with E-state index in [2.05, 4.69) is 5.32 Å². The van der Waals surface area contributed by atoms with Gasteiger partial charge in [0.05, 0.1) is 13.2 Å². The predicted octanol–water partition coefficient (Wildman–Crippen LogP) is 1.73. The fourth-order valence-corrected chi connectivity index (χ4v) is 2.89. The molecule has 1 heterocycles. The molecule has 1 aromatic rings. The molecule has 1 fully saturated rings. The summed E-state index contributed by atoms with van der Waals surface area (Å²) in [7, 11) is 1.59.